The SMILES string of the molecule is C[C@@H](NC(=O)/C(C#N)=C/c1cn(Cc2ccccc2)c2ccccc12)c1ccccc1. The molecule has 1 atom stereocenters. The van der Waals surface area contributed by atoms with Crippen molar-refractivity contribution >= 4 is 22.9 Å². The number of amides is 1. The summed E-state index contributed by atoms with van der Waals surface area (Å²) >= 11 is 0. The lowest BCUT2D eigenvalue weighted by atomic mass is 10.1. The molecule has 0 aliphatic carbocycles. The Balaban J connectivity index is 1.64. The molecule has 4 rings (SSSR count). The Morgan fingerprint density at radius 3 is 2.35 bits per heavy atom. The van der Waals surface area contributed by atoms with E-state index in [1.165, 1.54) is 5.56 Å². The van der Waals surface area contributed by atoms with Gasteiger partial charge < -0.3 is 9.88 Å². The van der Waals surface area contributed by atoms with Gasteiger partial charge in [0.05, 0.1) is 6.04 Å². The van der Waals surface area contributed by atoms with Crippen molar-refractivity contribution in [3.63, 3.8) is 0 Å². The fourth-order valence-corrected chi connectivity index (χ4v) is 3.70. The third-order valence-electron chi connectivity index (χ3n) is 5.33. The molecule has 1 heterocycles. The van der Waals surface area contributed by atoms with Crippen molar-refractivity contribution in [2.45, 2.75) is 19.5 Å². The Kier molecular flexibility index (Phi) is 5.96. The molecule has 0 radical (unpaired) electrons. The van der Waals surface area contributed by atoms with Crippen molar-refractivity contribution in [2.75, 3.05) is 0 Å². The van der Waals surface area contributed by atoms with E-state index < -0.39 is 0 Å². The van der Waals surface area contributed by atoms with E-state index in [4.69, 9.17) is 0 Å². The number of carbonyl (C=O) groups is 1. The van der Waals surface area contributed by atoms with Gasteiger partial charge in [0.15, 0.2) is 0 Å². The zero-order valence-corrected chi connectivity index (χ0v) is 17.3. The van der Waals surface area contributed by atoms with Gasteiger partial charge in [-0.2, -0.15) is 5.26 Å². The van der Waals surface area contributed by atoms with Crippen LogP contribution >= 0.6 is 0 Å². The van der Waals surface area contributed by atoms with Crippen molar-refractivity contribution in [3.05, 3.63) is 113 Å². The number of aromatic nitrogens is 1. The summed E-state index contributed by atoms with van der Waals surface area (Å²) in [5.74, 6) is -0.376. The van der Waals surface area contributed by atoms with E-state index in [9.17, 15) is 10.1 Å². The largest absolute Gasteiger partial charge is 0.345 e. The Bertz CT molecular complexity index is 1260. The number of fused-ring (bicyclic) bond motifs is 1. The molecule has 0 saturated carbocycles. The number of benzene rings is 3. The Labute approximate surface area is 182 Å². The molecule has 4 heteroatoms. The van der Waals surface area contributed by atoms with Crippen molar-refractivity contribution in [1.29, 1.82) is 5.26 Å². The maximum atomic E-state index is 12.8. The van der Waals surface area contributed by atoms with Gasteiger partial charge >= 0.3 is 0 Å². The first kappa shape index (κ1) is 20.2. The predicted molar refractivity (Wildman–Crippen MR) is 124 cm³/mol. The van der Waals surface area contributed by atoms with Gasteiger partial charge in [0.1, 0.15) is 11.6 Å². The first-order chi connectivity index (χ1) is 15.2. The second-order valence-corrected chi connectivity index (χ2v) is 7.49. The van der Waals surface area contributed by atoms with Crippen LogP contribution in [0.25, 0.3) is 17.0 Å². The zero-order valence-electron chi connectivity index (χ0n) is 17.3. The van der Waals surface area contributed by atoms with Gasteiger partial charge in [-0.1, -0.05) is 78.9 Å². The van der Waals surface area contributed by atoms with Gasteiger partial charge in [0.2, 0.25) is 0 Å². The number of rotatable bonds is 6. The average molecular weight is 406 g/mol. The normalized spacial score (nSPS) is 12.3. The highest BCUT2D eigenvalue weighted by Gasteiger charge is 2.15. The van der Waals surface area contributed by atoms with Gasteiger partial charge in [-0.3, -0.25) is 4.79 Å². The van der Waals surface area contributed by atoms with Crippen LogP contribution in [0.15, 0.2) is 96.7 Å². The summed E-state index contributed by atoms with van der Waals surface area (Å²) in [5.41, 5.74) is 4.19. The van der Waals surface area contributed by atoms with Crippen molar-refractivity contribution < 1.29 is 4.79 Å². The molecule has 0 fully saturated rings. The summed E-state index contributed by atoms with van der Waals surface area (Å²) in [6.07, 6.45) is 3.68. The molecule has 0 aliphatic rings. The summed E-state index contributed by atoms with van der Waals surface area (Å²) < 4.78 is 2.15. The second-order valence-electron chi connectivity index (χ2n) is 7.49. The van der Waals surface area contributed by atoms with Crippen LogP contribution in [0.4, 0.5) is 0 Å². The smallest absolute Gasteiger partial charge is 0.262 e. The first-order valence-corrected chi connectivity index (χ1v) is 10.2. The Morgan fingerprint density at radius 2 is 1.65 bits per heavy atom. The Morgan fingerprint density at radius 1 is 1.00 bits per heavy atom. The highest BCUT2D eigenvalue weighted by molar-refractivity contribution is 6.04. The summed E-state index contributed by atoms with van der Waals surface area (Å²) in [6, 6.07) is 29.8. The van der Waals surface area contributed by atoms with Crippen LogP contribution in [0.5, 0.6) is 0 Å². The minimum Gasteiger partial charge on any atom is -0.345 e. The minimum absolute atomic E-state index is 0.0883. The summed E-state index contributed by atoms with van der Waals surface area (Å²) in [4.78, 5) is 12.8. The van der Waals surface area contributed by atoms with Crippen LogP contribution in [0.1, 0.15) is 29.7 Å². The van der Waals surface area contributed by atoms with E-state index in [2.05, 4.69) is 34.2 Å². The molecule has 0 unspecified atom stereocenters. The van der Waals surface area contributed by atoms with Gasteiger partial charge in [-0.05, 0) is 30.2 Å². The molecule has 4 aromatic rings. The average Bonchev–Trinajstić information content (AvgIpc) is 3.15. The fourth-order valence-electron chi connectivity index (χ4n) is 3.70. The third-order valence-corrected chi connectivity index (χ3v) is 5.33. The summed E-state index contributed by atoms with van der Waals surface area (Å²) in [6.45, 7) is 2.63. The topological polar surface area (TPSA) is 57.8 Å². The number of nitrogens with zero attached hydrogens (tertiary/aromatic N) is 2. The van der Waals surface area contributed by atoms with Crippen molar-refractivity contribution in [2.24, 2.45) is 0 Å². The van der Waals surface area contributed by atoms with E-state index in [1.54, 1.807) is 6.08 Å². The van der Waals surface area contributed by atoms with Crippen LogP contribution in [0, 0.1) is 11.3 Å². The molecule has 1 amide bonds. The molecule has 0 bridgehead atoms. The van der Waals surface area contributed by atoms with Gasteiger partial charge in [0.25, 0.3) is 5.91 Å². The molecule has 4 nitrogen and oxygen atoms in total. The molecule has 1 aromatic heterocycles. The number of nitriles is 1. The van der Waals surface area contributed by atoms with Crippen molar-refractivity contribution in [1.82, 2.24) is 9.88 Å². The van der Waals surface area contributed by atoms with Crippen LogP contribution in [-0.4, -0.2) is 10.5 Å². The lowest BCUT2D eigenvalue weighted by Gasteiger charge is -2.13. The number of hydrogen-bond acceptors (Lipinski definition) is 2. The third kappa shape index (κ3) is 4.57. The highest BCUT2D eigenvalue weighted by atomic mass is 16.1. The molecule has 3 aromatic carbocycles. The summed E-state index contributed by atoms with van der Waals surface area (Å²) in [5, 5.41) is 13.6. The van der Waals surface area contributed by atoms with Gasteiger partial charge in [-0.15, -0.1) is 0 Å². The van der Waals surface area contributed by atoms with E-state index in [0.29, 0.717) is 6.54 Å². The van der Waals surface area contributed by atoms with E-state index in [0.717, 1.165) is 22.0 Å². The zero-order chi connectivity index (χ0) is 21.6. The van der Waals surface area contributed by atoms with Gasteiger partial charge in [0, 0.05) is 29.2 Å². The van der Waals surface area contributed by atoms with Crippen molar-refractivity contribution in [3.8, 4) is 6.07 Å². The first-order valence-electron chi connectivity index (χ1n) is 10.2. The van der Waals surface area contributed by atoms with Gasteiger partial charge in [-0.25, -0.2) is 0 Å². The van der Waals surface area contributed by atoms with E-state index in [-0.39, 0.29) is 17.5 Å². The molecule has 0 spiro atoms. The van der Waals surface area contributed by atoms with E-state index in [1.807, 2.05) is 79.9 Å². The van der Waals surface area contributed by atoms with E-state index >= 15 is 0 Å². The molecule has 31 heavy (non-hydrogen) atoms. The fraction of sp³-hybridized carbons (Fsp3) is 0.111. The number of hydrogen-bond donors (Lipinski definition) is 1. The van der Waals surface area contributed by atoms with Crippen LogP contribution in [-0.2, 0) is 11.3 Å². The molecule has 0 saturated heterocycles. The summed E-state index contributed by atoms with van der Waals surface area (Å²) in [7, 11) is 0. The lowest BCUT2D eigenvalue weighted by Crippen LogP contribution is -2.27. The molecular weight excluding hydrogens is 382 g/mol. The van der Waals surface area contributed by atoms with Crippen LogP contribution in [0.3, 0.4) is 0 Å². The highest BCUT2D eigenvalue weighted by Crippen LogP contribution is 2.25. The van der Waals surface area contributed by atoms with Crippen LogP contribution < -0.4 is 5.32 Å². The Hall–Kier alpha value is -4.10. The maximum absolute atomic E-state index is 12.8. The second kappa shape index (κ2) is 9.15. The molecule has 0 aliphatic heterocycles. The number of para-hydroxylation sites is 1. The molecular formula is C27H23N3O. The maximum Gasteiger partial charge on any atom is 0.262 e. The lowest BCUT2D eigenvalue weighted by molar-refractivity contribution is -0.117. The predicted octanol–water partition coefficient (Wildman–Crippen LogP) is 5.47. The van der Waals surface area contributed by atoms with Crippen LogP contribution in [0.2, 0.25) is 0 Å². The monoisotopic (exact) mass is 405 g/mol. The quantitative estimate of drug-likeness (QED) is 0.341. The number of carbonyl (C=O) groups excluding carboxylic acids is 1. The minimum atomic E-state index is -0.376. The molecule has 1 N–H and O–H groups in total. The standard InChI is InChI=1S/C27H23N3O/c1-20(22-12-6-3-7-13-22)29-27(31)23(17-28)16-24-19-30(18-21-10-4-2-5-11-21)26-15-9-8-14-25(24)26/h2-16,19-20H,18H2,1H3,(H,29,31)/b23-16+/t20-/m1/s1. The number of nitrogens with one attached hydrogen (secondary N) is 1. The molecule has 152 valence electrons.